The summed E-state index contributed by atoms with van der Waals surface area (Å²) in [7, 11) is 0. The third-order valence-electron chi connectivity index (χ3n) is 2.39. The molecule has 2 N–H and O–H groups in total. The number of aromatic nitrogens is 2. The molecule has 5 nitrogen and oxygen atoms in total. The van der Waals surface area contributed by atoms with E-state index in [1.807, 2.05) is 16.9 Å². The molecule has 1 unspecified atom stereocenters. The number of nitrogens with one attached hydrogen (secondary N) is 2. The van der Waals surface area contributed by atoms with E-state index in [2.05, 4.69) is 48.4 Å². The maximum atomic E-state index is 4.59. The third-order valence-corrected chi connectivity index (χ3v) is 2.39. The van der Waals surface area contributed by atoms with E-state index in [9.17, 15) is 0 Å². The molecule has 0 spiro atoms. The minimum absolute atomic E-state index is 0. The second-order valence-electron chi connectivity index (χ2n) is 4.85. The molecule has 0 aliphatic carbocycles. The minimum Gasteiger partial charge on any atom is -0.357 e. The Kier molecular flexibility index (Phi) is 9.63. The van der Waals surface area contributed by atoms with Gasteiger partial charge in [0.25, 0.3) is 0 Å². The molecule has 0 aliphatic rings. The second-order valence-corrected chi connectivity index (χ2v) is 4.85. The van der Waals surface area contributed by atoms with Gasteiger partial charge < -0.3 is 10.6 Å². The molecular weight excluding hydrogens is 353 g/mol. The van der Waals surface area contributed by atoms with Crippen LogP contribution in [0.1, 0.15) is 27.7 Å². The van der Waals surface area contributed by atoms with Gasteiger partial charge in [0, 0.05) is 38.1 Å². The summed E-state index contributed by atoms with van der Waals surface area (Å²) in [5.41, 5.74) is 0. The van der Waals surface area contributed by atoms with Crippen LogP contribution in [0.3, 0.4) is 0 Å². The summed E-state index contributed by atoms with van der Waals surface area (Å²) < 4.78 is 1.95. The van der Waals surface area contributed by atoms with Gasteiger partial charge in [0.1, 0.15) is 0 Å². The molecule has 1 aromatic rings. The van der Waals surface area contributed by atoms with E-state index in [4.69, 9.17) is 0 Å². The summed E-state index contributed by atoms with van der Waals surface area (Å²) in [4.78, 5) is 4.59. The first-order valence-corrected chi connectivity index (χ1v) is 6.64. The number of aliphatic imine (C=N–C) groups is 1. The van der Waals surface area contributed by atoms with Crippen molar-refractivity contribution < 1.29 is 0 Å². The van der Waals surface area contributed by atoms with E-state index in [1.165, 1.54) is 0 Å². The van der Waals surface area contributed by atoms with E-state index in [-0.39, 0.29) is 24.0 Å². The maximum Gasteiger partial charge on any atom is 0.191 e. The lowest BCUT2D eigenvalue weighted by Gasteiger charge is -2.15. The number of hydrogen-bond donors (Lipinski definition) is 2. The molecule has 0 amide bonds. The van der Waals surface area contributed by atoms with Gasteiger partial charge >= 0.3 is 0 Å². The lowest BCUT2D eigenvalue weighted by atomic mass is 10.2. The molecule has 0 fully saturated rings. The predicted molar refractivity (Wildman–Crippen MR) is 91.1 cm³/mol. The van der Waals surface area contributed by atoms with Crippen LogP contribution in [0.5, 0.6) is 0 Å². The van der Waals surface area contributed by atoms with Gasteiger partial charge in [-0.05, 0) is 32.8 Å². The van der Waals surface area contributed by atoms with Crippen LogP contribution in [0, 0.1) is 5.92 Å². The molecule has 0 aromatic carbocycles. The SMILES string of the molecule is CCNC(=NCC(C)Cn1cccn1)NC(C)C.I. The quantitative estimate of drug-likeness (QED) is 0.452. The van der Waals surface area contributed by atoms with Gasteiger partial charge in [-0.2, -0.15) is 5.10 Å². The van der Waals surface area contributed by atoms with E-state index in [1.54, 1.807) is 6.20 Å². The maximum absolute atomic E-state index is 4.59. The lowest BCUT2D eigenvalue weighted by Crippen LogP contribution is -2.41. The van der Waals surface area contributed by atoms with E-state index in [0.29, 0.717) is 12.0 Å². The first-order valence-electron chi connectivity index (χ1n) is 6.64. The van der Waals surface area contributed by atoms with Gasteiger partial charge in [-0.3, -0.25) is 9.67 Å². The summed E-state index contributed by atoms with van der Waals surface area (Å²) in [6.45, 7) is 11.1. The average Bonchev–Trinajstić information content (AvgIpc) is 2.78. The first kappa shape index (κ1) is 18.2. The standard InChI is InChI=1S/C13H25N5.HI/c1-5-14-13(17-11(2)3)15-9-12(4)10-18-8-6-7-16-18;/h6-8,11-12H,5,9-10H2,1-4H3,(H2,14,15,17);1H. The monoisotopic (exact) mass is 379 g/mol. The molecular formula is C13H26IN5. The third kappa shape index (κ3) is 8.07. The van der Waals surface area contributed by atoms with Crippen molar-refractivity contribution in [1.29, 1.82) is 0 Å². The molecule has 0 aliphatic heterocycles. The predicted octanol–water partition coefficient (Wildman–Crippen LogP) is 2.10. The van der Waals surface area contributed by atoms with Crippen molar-refractivity contribution in [3.8, 4) is 0 Å². The molecule has 0 saturated heterocycles. The largest absolute Gasteiger partial charge is 0.357 e. The van der Waals surface area contributed by atoms with Crippen LogP contribution in [0.2, 0.25) is 0 Å². The molecule has 0 saturated carbocycles. The molecule has 0 bridgehead atoms. The highest BCUT2D eigenvalue weighted by molar-refractivity contribution is 14.0. The number of guanidine groups is 1. The highest BCUT2D eigenvalue weighted by Crippen LogP contribution is 2.00. The fourth-order valence-corrected chi connectivity index (χ4v) is 1.63. The number of nitrogens with zero attached hydrogens (tertiary/aromatic N) is 3. The Bertz CT molecular complexity index is 348. The van der Waals surface area contributed by atoms with Gasteiger partial charge in [-0.1, -0.05) is 6.92 Å². The number of hydrogen-bond acceptors (Lipinski definition) is 2. The van der Waals surface area contributed by atoms with E-state index in [0.717, 1.165) is 25.6 Å². The molecule has 1 atom stereocenters. The Morgan fingerprint density at radius 2 is 2.11 bits per heavy atom. The van der Waals surface area contributed by atoms with Gasteiger partial charge in [-0.25, -0.2) is 0 Å². The van der Waals surface area contributed by atoms with Gasteiger partial charge in [0.05, 0.1) is 0 Å². The van der Waals surface area contributed by atoms with Crippen molar-refractivity contribution in [2.45, 2.75) is 40.3 Å². The molecule has 0 radical (unpaired) electrons. The van der Waals surface area contributed by atoms with Crippen LogP contribution in [0.15, 0.2) is 23.5 Å². The van der Waals surface area contributed by atoms with Crippen molar-refractivity contribution in [1.82, 2.24) is 20.4 Å². The van der Waals surface area contributed by atoms with Crippen LogP contribution < -0.4 is 10.6 Å². The summed E-state index contributed by atoms with van der Waals surface area (Å²) in [5.74, 6) is 1.35. The van der Waals surface area contributed by atoms with E-state index >= 15 is 0 Å². The second kappa shape index (κ2) is 10.1. The lowest BCUT2D eigenvalue weighted by molar-refractivity contribution is 0.458. The number of rotatable bonds is 6. The Morgan fingerprint density at radius 3 is 2.63 bits per heavy atom. The Hall–Kier alpha value is -0.790. The van der Waals surface area contributed by atoms with Crippen LogP contribution in [-0.2, 0) is 6.54 Å². The minimum atomic E-state index is 0. The van der Waals surface area contributed by atoms with Crippen molar-refractivity contribution in [2.24, 2.45) is 10.9 Å². The zero-order valence-corrected chi connectivity index (χ0v) is 14.6. The summed E-state index contributed by atoms with van der Waals surface area (Å²) in [6.07, 6.45) is 3.79. The average molecular weight is 379 g/mol. The topological polar surface area (TPSA) is 54.2 Å². The van der Waals surface area contributed by atoms with Gasteiger partial charge in [0.15, 0.2) is 5.96 Å². The van der Waals surface area contributed by atoms with Crippen molar-refractivity contribution in [2.75, 3.05) is 13.1 Å². The van der Waals surface area contributed by atoms with Crippen LogP contribution in [0.25, 0.3) is 0 Å². The summed E-state index contributed by atoms with van der Waals surface area (Å²) in [6, 6.07) is 2.34. The fraction of sp³-hybridized carbons (Fsp3) is 0.692. The smallest absolute Gasteiger partial charge is 0.191 e. The van der Waals surface area contributed by atoms with Crippen molar-refractivity contribution >= 4 is 29.9 Å². The Morgan fingerprint density at radius 1 is 1.37 bits per heavy atom. The molecule has 110 valence electrons. The van der Waals surface area contributed by atoms with E-state index < -0.39 is 0 Å². The summed E-state index contributed by atoms with van der Waals surface area (Å²) >= 11 is 0. The van der Waals surface area contributed by atoms with Gasteiger partial charge in [0.2, 0.25) is 0 Å². The Labute approximate surface area is 133 Å². The molecule has 1 heterocycles. The normalized spacial score (nSPS) is 13.0. The van der Waals surface area contributed by atoms with Crippen LogP contribution >= 0.6 is 24.0 Å². The zero-order valence-electron chi connectivity index (χ0n) is 12.3. The molecule has 1 rings (SSSR count). The summed E-state index contributed by atoms with van der Waals surface area (Å²) in [5, 5.41) is 10.8. The Balaban J connectivity index is 0.00000324. The highest BCUT2D eigenvalue weighted by Gasteiger charge is 2.04. The fourth-order valence-electron chi connectivity index (χ4n) is 1.63. The van der Waals surface area contributed by atoms with Crippen LogP contribution in [0.4, 0.5) is 0 Å². The molecule has 1 aromatic heterocycles. The van der Waals surface area contributed by atoms with Crippen molar-refractivity contribution in [3.63, 3.8) is 0 Å². The first-order chi connectivity index (χ1) is 8.61. The molecule has 19 heavy (non-hydrogen) atoms. The van der Waals surface area contributed by atoms with Crippen molar-refractivity contribution in [3.05, 3.63) is 18.5 Å². The number of halogens is 1. The van der Waals surface area contributed by atoms with Crippen LogP contribution in [-0.4, -0.2) is 34.9 Å². The molecule has 6 heteroatoms. The zero-order chi connectivity index (χ0) is 13.4. The highest BCUT2D eigenvalue weighted by atomic mass is 127. The van der Waals surface area contributed by atoms with Gasteiger partial charge in [-0.15, -0.1) is 24.0 Å².